The van der Waals surface area contributed by atoms with Gasteiger partial charge in [-0.2, -0.15) is 0 Å². The summed E-state index contributed by atoms with van der Waals surface area (Å²) in [5.74, 6) is -0.296. The van der Waals surface area contributed by atoms with Crippen LogP contribution in [0.2, 0.25) is 0 Å². The van der Waals surface area contributed by atoms with Crippen molar-refractivity contribution in [2.24, 2.45) is 0 Å². The van der Waals surface area contributed by atoms with E-state index in [0.717, 1.165) is 17.4 Å². The Balaban J connectivity index is 1.59. The molecule has 3 rings (SSSR count). The first kappa shape index (κ1) is 26.2. The molecular formula is C25H29N3O5S2. The van der Waals surface area contributed by atoms with Crippen LogP contribution < -0.4 is 14.3 Å². The van der Waals surface area contributed by atoms with Crippen LogP contribution in [-0.2, 0) is 24.8 Å². The van der Waals surface area contributed by atoms with Crippen molar-refractivity contribution in [1.29, 1.82) is 0 Å². The monoisotopic (exact) mass is 515 g/mol. The summed E-state index contributed by atoms with van der Waals surface area (Å²) in [5, 5.41) is 2.72. The molecule has 0 atom stereocenters. The van der Waals surface area contributed by atoms with Crippen molar-refractivity contribution in [2.45, 2.75) is 31.6 Å². The summed E-state index contributed by atoms with van der Waals surface area (Å²) in [6.45, 7) is 3.83. The number of carbonyl (C=O) groups excluding carboxylic acids is 1. The molecule has 1 amide bonds. The Morgan fingerprint density at radius 2 is 1.43 bits per heavy atom. The molecule has 0 spiro atoms. The Labute approximate surface area is 207 Å². The number of anilines is 3. The molecule has 10 heteroatoms. The summed E-state index contributed by atoms with van der Waals surface area (Å²) < 4.78 is 53.7. The number of nitrogens with zero attached hydrogens (tertiary/aromatic N) is 1. The van der Waals surface area contributed by atoms with Crippen molar-refractivity contribution in [3.05, 3.63) is 83.9 Å². The van der Waals surface area contributed by atoms with Crippen LogP contribution in [0.4, 0.5) is 17.1 Å². The van der Waals surface area contributed by atoms with Gasteiger partial charge in [-0.3, -0.25) is 13.8 Å². The van der Waals surface area contributed by atoms with E-state index < -0.39 is 20.0 Å². The number of rotatable bonds is 10. The van der Waals surface area contributed by atoms with Crippen molar-refractivity contribution in [2.75, 3.05) is 27.1 Å². The number of para-hydroxylation sites is 2. The Kier molecular flexibility index (Phi) is 8.18. The molecular weight excluding hydrogens is 486 g/mol. The van der Waals surface area contributed by atoms with E-state index in [0.29, 0.717) is 23.5 Å². The first-order chi connectivity index (χ1) is 16.5. The highest BCUT2D eigenvalue weighted by Crippen LogP contribution is 2.24. The largest absolute Gasteiger partial charge is 0.326 e. The lowest BCUT2D eigenvalue weighted by molar-refractivity contribution is -0.116. The minimum absolute atomic E-state index is 0.0739. The van der Waals surface area contributed by atoms with Crippen molar-refractivity contribution < 1.29 is 21.6 Å². The van der Waals surface area contributed by atoms with Crippen LogP contribution in [0.5, 0.6) is 0 Å². The van der Waals surface area contributed by atoms with Crippen molar-refractivity contribution >= 4 is 43.0 Å². The fourth-order valence-electron chi connectivity index (χ4n) is 3.57. The van der Waals surface area contributed by atoms with E-state index in [1.807, 2.05) is 32.0 Å². The SMILES string of the molecule is Cc1cccc(C)c1NS(=O)(=O)c1ccc(NC(=O)CCCN(c2ccccc2)S(C)(=O)=O)cc1. The predicted molar refractivity (Wildman–Crippen MR) is 140 cm³/mol. The van der Waals surface area contributed by atoms with Crippen molar-refractivity contribution in [1.82, 2.24) is 0 Å². The van der Waals surface area contributed by atoms with Crippen LogP contribution in [0, 0.1) is 13.8 Å². The van der Waals surface area contributed by atoms with Crippen LogP contribution in [0.15, 0.2) is 77.7 Å². The molecule has 0 saturated heterocycles. The second-order valence-electron chi connectivity index (χ2n) is 8.22. The van der Waals surface area contributed by atoms with Gasteiger partial charge in [0.05, 0.1) is 22.5 Å². The molecule has 3 aromatic rings. The molecule has 0 unspecified atom stereocenters. The number of aryl methyl sites for hydroxylation is 2. The molecule has 186 valence electrons. The number of hydrogen-bond donors (Lipinski definition) is 2. The molecule has 2 N–H and O–H groups in total. The Morgan fingerprint density at radius 1 is 0.829 bits per heavy atom. The number of sulfonamides is 2. The molecule has 35 heavy (non-hydrogen) atoms. The Hall–Kier alpha value is -3.37. The normalized spacial score (nSPS) is 11.6. The number of nitrogens with one attached hydrogen (secondary N) is 2. The lowest BCUT2D eigenvalue weighted by atomic mass is 10.1. The number of hydrogen-bond acceptors (Lipinski definition) is 5. The van der Waals surface area contributed by atoms with E-state index in [-0.39, 0.29) is 23.8 Å². The van der Waals surface area contributed by atoms with Gasteiger partial charge < -0.3 is 5.32 Å². The summed E-state index contributed by atoms with van der Waals surface area (Å²) >= 11 is 0. The van der Waals surface area contributed by atoms with Gasteiger partial charge in [0.1, 0.15) is 0 Å². The first-order valence-corrected chi connectivity index (χ1v) is 14.3. The fraction of sp³-hybridized carbons (Fsp3) is 0.240. The predicted octanol–water partition coefficient (Wildman–Crippen LogP) is 4.29. The summed E-state index contributed by atoms with van der Waals surface area (Å²) in [5.41, 5.74) is 3.17. The zero-order valence-electron chi connectivity index (χ0n) is 19.9. The third kappa shape index (κ3) is 7.06. The smallest absolute Gasteiger partial charge is 0.261 e. The third-order valence-electron chi connectivity index (χ3n) is 5.38. The molecule has 0 aliphatic carbocycles. The fourth-order valence-corrected chi connectivity index (χ4v) is 5.74. The molecule has 0 saturated carbocycles. The van der Waals surface area contributed by atoms with E-state index in [1.54, 1.807) is 30.3 Å². The number of amides is 1. The highest BCUT2D eigenvalue weighted by atomic mass is 32.2. The lowest BCUT2D eigenvalue weighted by Gasteiger charge is -2.22. The summed E-state index contributed by atoms with van der Waals surface area (Å²) in [4.78, 5) is 12.4. The zero-order valence-corrected chi connectivity index (χ0v) is 21.5. The molecule has 0 fully saturated rings. The van der Waals surface area contributed by atoms with Gasteiger partial charge in [-0.25, -0.2) is 16.8 Å². The van der Waals surface area contributed by atoms with Gasteiger partial charge in [-0.1, -0.05) is 36.4 Å². The number of carbonyl (C=O) groups is 1. The highest BCUT2D eigenvalue weighted by molar-refractivity contribution is 7.92. The van der Waals surface area contributed by atoms with E-state index in [2.05, 4.69) is 10.0 Å². The maximum atomic E-state index is 12.8. The molecule has 0 aromatic heterocycles. The minimum atomic E-state index is -3.79. The van der Waals surface area contributed by atoms with Gasteiger partial charge in [-0.05, 0) is 67.8 Å². The standard InChI is InChI=1S/C25H29N3O5S2/c1-19-9-7-10-20(2)25(19)27-35(32,33)23-16-14-21(15-17-23)26-24(29)13-8-18-28(34(3,30)31)22-11-5-4-6-12-22/h4-7,9-12,14-17,27H,8,13,18H2,1-3H3,(H,26,29). The summed E-state index contributed by atoms with van der Waals surface area (Å²) in [6.07, 6.45) is 1.55. The summed E-state index contributed by atoms with van der Waals surface area (Å²) in [7, 11) is -7.28. The minimum Gasteiger partial charge on any atom is -0.326 e. The van der Waals surface area contributed by atoms with Gasteiger partial charge in [0.15, 0.2) is 0 Å². The van der Waals surface area contributed by atoms with Crippen LogP contribution in [0.1, 0.15) is 24.0 Å². The molecule has 8 nitrogen and oxygen atoms in total. The second kappa shape index (κ2) is 10.9. The average Bonchev–Trinajstić information content (AvgIpc) is 2.79. The van der Waals surface area contributed by atoms with Gasteiger partial charge >= 0.3 is 0 Å². The zero-order chi connectivity index (χ0) is 25.6. The molecule has 0 aliphatic heterocycles. The lowest BCUT2D eigenvalue weighted by Crippen LogP contribution is -2.31. The quantitative estimate of drug-likeness (QED) is 0.418. The van der Waals surface area contributed by atoms with E-state index >= 15 is 0 Å². The van der Waals surface area contributed by atoms with Crippen LogP contribution in [0.25, 0.3) is 0 Å². The first-order valence-electron chi connectivity index (χ1n) is 11.0. The Bertz CT molecular complexity index is 1370. The molecule has 0 aliphatic rings. The highest BCUT2D eigenvalue weighted by Gasteiger charge is 2.18. The third-order valence-corrected chi connectivity index (χ3v) is 7.94. The van der Waals surface area contributed by atoms with E-state index in [1.165, 1.54) is 28.6 Å². The van der Waals surface area contributed by atoms with Crippen LogP contribution >= 0.6 is 0 Å². The van der Waals surface area contributed by atoms with Gasteiger partial charge in [0.25, 0.3) is 10.0 Å². The second-order valence-corrected chi connectivity index (χ2v) is 11.8. The number of benzene rings is 3. The van der Waals surface area contributed by atoms with Crippen LogP contribution in [0.3, 0.4) is 0 Å². The van der Waals surface area contributed by atoms with Gasteiger partial charge in [0.2, 0.25) is 15.9 Å². The maximum absolute atomic E-state index is 12.8. The molecule has 0 bridgehead atoms. The topological polar surface area (TPSA) is 113 Å². The molecule has 3 aromatic carbocycles. The Morgan fingerprint density at radius 3 is 2.00 bits per heavy atom. The average molecular weight is 516 g/mol. The molecule has 0 radical (unpaired) electrons. The van der Waals surface area contributed by atoms with Gasteiger partial charge in [0, 0.05) is 18.7 Å². The van der Waals surface area contributed by atoms with Crippen molar-refractivity contribution in [3.63, 3.8) is 0 Å². The maximum Gasteiger partial charge on any atom is 0.261 e. The van der Waals surface area contributed by atoms with Crippen molar-refractivity contribution in [3.8, 4) is 0 Å². The summed E-state index contributed by atoms with van der Waals surface area (Å²) in [6, 6.07) is 20.1. The molecule has 0 heterocycles. The van der Waals surface area contributed by atoms with Crippen LogP contribution in [-0.4, -0.2) is 35.5 Å². The van der Waals surface area contributed by atoms with E-state index in [9.17, 15) is 21.6 Å². The van der Waals surface area contributed by atoms with E-state index in [4.69, 9.17) is 0 Å². The van der Waals surface area contributed by atoms with Gasteiger partial charge in [-0.15, -0.1) is 0 Å².